The van der Waals surface area contributed by atoms with Crippen LogP contribution in [0.15, 0.2) is 29.3 Å². The van der Waals surface area contributed by atoms with Crippen LogP contribution in [0.25, 0.3) is 10.9 Å². The van der Waals surface area contributed by atoms with Crippen LogP contribution in [0.1, 0.15) is 26.7 Å². The first-order valence-corrected chi connectivity index (χ1v) is 6.95. The van der Waals surface area contributed by atoms with E-state index in [1.165, 1.54) is 29.1 Å². The summed E-state index contributed by atoms with van der Waals surface area (Å²) in [7, 11) is 0. The van der Waals surface area contributed by atoms with Crippen molar-refractivity contribution in [3.63, 3.8) is 0 Å². The zero-order valence-electron chi connectivity index (χ0n) is 12.1. The highest BCUT2D eigenvalue weighted by molar-refractivity contribution is 5.79. The molecular weight excluding hydrogens is 273 g/mol. The number of amides is 1. The predicted molar refractivity (Wildman–Crippen MR) is 78.5 cm³/mol. The van der Waals surface area contributed by atoms with Gasteiger partial charge in [0, 0.05) is 12.1 Å². The highest BCUT2D eigenvalue weighted by Crippen LogP contribution is 2.08. The largest absolute Gasteiger partial charge is 0.352 e. The highest BCUT2D eigenvalue weighted by Gasteiger charge is 2.10. The van der Waals surface area contributed by atoms with Crippen molar-refractivity contribution in [3.05, 3.63) is 40.7 Å². The Morgan fingerprint density at radius 1 is 1.48 bits per heavy atom. The molecule has 1 unspecified atom stereocenters. The van der Waals surface area contributed by atoms with Crippen LogP contribution in [0, 0.1) is 5.82 Å². The number of carbonyl (C=O) groups is 1. The summed E-state index contributed by atoms with van der Waals surface area (Å²) in [5, 5.41) is 3.13. The Balaban J connectivity index is 2.19. The molecule has 6 heteroatoms. The predicted octanol–water partition coefficient (Wildman–Crippen LogP) is 1.84. The molecule has 0 aliphatic carbocycles. The van der Waals surface area contributed by atoms with Crippen molar-refractivity contribution in [2.45, 2.75) is 39.3 Å². The van der Waals surface area contributed by atoms with Crippen LogP contribution in [0.5, 0.6) is 0 Å². The molecule has 0 bridgehead atoms. The first-order valence-electron chi connectivity index (χ1n) is 6.95. The Hall–Kier alpha value is -2.24. The molecule has 1 aromatic heterocycles. The van der Waals surface area contributed by atoms with Crippen molar-refractivity contribution in [2.24, 2.45) is 0 Å². The van der Waals surface area contributed by atoms with Crippen molar-refractivity contribution in [2.75, 3.05) is 0 Å². The Bertz CT molecular complexity index is 712. The smallest absolute Gasteiger partial charge is 0.261 e. The summed E-state index contributed by atoms with van der Waals surface area (Å²) in [6.45, 7) is 3.87. The van der Waals surface area contributed by atoms with E-state index in [0.29, 0.717) is 5.39 Å². The van der Waals surface area contributed by atoms with E-state index in [0.717, 1.165) is 12.8 Å². The lowest BCUT2D eigenvalue weighted by Crippen LogP contribution is -2.37. The third-order valence-corrected chi connectivity index (χ3v) is 3.23. The van der Waals surface area contributed by atoms with Crippen LogP contribution >= 0.6 is 0 Å². The fourth-order valence-corrected chi connectivity index (χ4v) is 2.22. The zero-order valence-corrected chi connectivity index (χ0v) is 12.1. The Labute approximate surface area is 121 Å². The van der Waals surface area contributed by atoms with Crippen molar-refractivity contribution in [1.29, 1.82) is 0 Å². The maximum absolute atomic E-state index is 13.1. The second-order valence-electron chi connectivity index (χ2n) is 5.10. The first-order chi connectivity index (χ1) is 10.0. The molecule has 0 saturated carbocycles. The maximum Gasteiger partial charge on any atom is 0.261 e. The number of fused-ring (bicyclic) bond motifs is 1. The van der Waals surface area contributed by atoms with Gasteiger partial charge in [-0.3, -0.25) is 14.2 Å². The molecule has 1 aromatic carbocycles. The average molecular weight is 291 g/mol. The summed E-state index contributed by atoms with van der Waals surface area (Å²) >= 11 is 0. The molecule has 0 aliphatic rings. The molecule has 1 N–H and O–H groups in total. The number of hydrogen-bond donors (Lipinski definition) is 1. The van der Waals surface area contributed by atoms with Gasteiger partial charge in [-0.15, -0.1) is 0 Å². The molecular formula is C15H18FN3O2. The van der Waals surface area contributed by atoms with Gasteiger partial charge in [0.05, 0.1) is 17.2 Å². The molecule has 2 rings (SSSR count). The topological polar surface area (TPSA) is 64.0 Å². The molecule has 1 heterocycles. The van der Waals surface area contributed by atoms with E-state index < -0.39 is 5.82 Å². The molecule has 1 amide bonds. The van der Waals surface area contributed by atoms with Gasteiger partial charge in [0.1, 0.15) is 12.4 Å². The Morgan fingerprint density at radius 2 is 2.24 bits per heavy atom. The molecule has 5 nitrogen and oxygen atoms in total. The van der Waals surface area contributed by atoms with Crippen molar-refractivity contribution < 1.29 is 9.18 Å². The SMILES string of the molecule is CCCC(C)NC(=O)Cn1cnc2cc(F)ccc2c1=O. The first kappa shape index (κ1) is 15.2. The third kappa shape index (κ3) is 3.65. The average Bonchev–Trinajstić information content (AvgIpc) is 2.42. The fourth-order valence-electron chi connectivity index (χ4n) is 2.22. The van der Waals surface area contributed by atoms with Gasteiger partial charge in [-0.2, -0.15) is 0 Å². The van der Waals surface area contributed by atoms with Gasteiger partial charge >= 0.3 is 0 Å². The van der Waals surface area contributed by atoms with Crippen molar-refractivity contribution >= 4 is 16.8 Å². The third-order valence-electron chi connectivity index (χ3n) is 3.23. The van der Waals surface area contributed by atoms with Gasteiger partial charge in [-0.25, -0.2) is 9.37 Å². The monoisotopic (exact) mass is 291 g/mol. The van der Waals surface area contributed by atoms with Crippen LogP contribution in [0.2, 0.25) is 0 Å². The van der Waals surface area contributed by atoms with Gasteiger partial charge in [0.2, 0.25) is 5.91 Å². The second kappa shape index (κ2) is 6.47. The van der Waals surface area contributed by atoms with Crippen LogP contribution in [0.3, 0.4) is 0 Å². The van der Waals surface area contributed by atoms with E-state index in [1.807, 2.05) is 13.8 Å². The number of nitrogens with zero attached hydrogens (tertiary/aromatic N) is 2. The summed E-state index contributed by atoms with van der Waals surface area (Å²) in [5.74, 6) is -0.681. The number of hydrogen-bond acceptors (Lipinski definition) is 3. The number of rotatable bonds is 5. The Kier molecular flexibility index (Phi) is 4.67. The molecule has 2 aromatic rings. The lowest BCUT2D eigenvalue weighted by molar-refractivity contribution is -0.122. The molecule has 21 heavy (non-hydrogen) atoms. The van der Waals surface area contributed by atoms with Gasteiger partial charge in [0.25, 0.3) is 5.56 Å². The number of benzene rings is 1. The molecule has 0 radical (unpaired) electrons. The lowest BCUT2D eigenvalue weighted by Gasteiger charge is -2.13. The van der Waals surface area contributed by atoms with E-state index in [1.54, 1.807) is 0 Å². The number of aromatic nitrogens is 2. The summed E-state index contributed by atoms with van der Waals surface area (Å²) in [6, 6.07) is 3.86. The standard InChI is InChI=1S/C15H18FN3O2/c1-3-4-10(2)18-14(20)8-19-9-17-13-7-11(16)5-6-12(13)15(19)21/h5-7,9-10H,3-4,8H2,1-2H3,(H,18,20). The highest BCUT2D eigenvalue weighted by atomic mass is 19.1. The summed E-state index contributed by atoms with van der Waals surface area (Å²) in [4.78, 5) is 28.1. The minimum Gasteiger partial charge on any atom is -0.352 e. The molecule has 1 atom stereocenters. The van der Waals surface area contributed by atoms with E-state index in [2.05, 4.69) is 10.3 Å². The number of nitrogens with one attached hydrogen (secondary N) is 1. The van der Waals surface area contributed by atoms with Gasteiger partial charge in [-0.05, 0) is 25.5 Å². The van der Waals surface area contributed by atoms with Gasteiger partial charge < -0.3 is 5.32 Å². The molecule has 0 saturated heterocycles. The fraction of sp³-hybridized carbons (Fsp3) is 0.400. The summed E-state index contributed by atoms with van der Waals surface area (Å²) in [5.41, 5.74) is -0.0608. The molecule has 0 spiro atoms. The van der Waals surface area contributed by atoms with E-state index in [-0.39, 0.29) is 29.6 Å². The van der Waals surface area contributed by atoms with Crippen molar-refractivity contribution in [1.82, 2.24) is 14.9 Å². The van der Waals surface area contributed by atoms with E-state index in [4.69, 9.17) is 0 Å². The van der Waals surface area contributed by atoms with Crippen LogP contribution in [0.4, 0.5) is 4.39 Å². The van der Waals surface area contributed by atoms with Gasteiger partial charge in [-0.1, -0.05) is 13.3 Å². The molecule has 0 aliphatic heterocycles. The lowest BCUT2D eigenvalue weighted by atomic mass is 10.2. The summed E-state index contributed by atoms with van der Waals surface area (Å²) < 4.78 is 14.3. The molecule has 0 fully saturated rings. The zero-order chi connectivity index (χ0) is 15.4. The van der Waals surface area contributed by atoms with Gasteiger partial charge in [0.15, 0.2) is 0 Å². The normalized spacial score (nSPS) is 12.3. The number of carbonyl (C=O) groups excluding carboxylic acids is 1. The quantitative estimate of drug-likeness (QED) is 0.914. The van der Waals surface area contributed by atoms with E-state index >= 15 is 0 Å². The second-order valence-corrected chi connectivity index (χ2v) is 5.10. The molecule has 112 valence electrons. The minimum atomic E-state index is -0.446. The van der Waals surface area contributed by atoms with E-state index in [9.17, 15) is 14.0 Å². The maximum atomic E-state index is 13.1. The summed E-state index contributed by atoms with van der Waals surface area (Å²) in [6.07, 6.45) is 3.13. The minimum absolute atomic E-state index is 0.0701. The van der Waals surface area contributed by atoms with Crippen LogP contribution in [-0.4, -0.2) is 21.5 Å². The van der Waals surface area contributed by atoms with Crippen LogP contribution < -0.4 is 10.9 Å². The number of halogens is 1. The Morgan fingerprint density at radius 3 is 2.95 bits per heavy atom. The van der Waals surface area contributed by atoms with Crippen LogP contribution in [-0.2, 0) is 11.3 Å². The van der Waals surface area contributed by atoms with Crippen molar-refractivity contribution in [3.8, 4) is 0 Å².